The van der Waals surface area contributed by atoms with Crippen LogP contribution in [-0.4, -0.2) is 36.2 Å². The van der Waals surface area contributed by atoms with E-state index in [2.05, 4.69) is 28.7 Å². The molecule has 0 unspecified atom stereocenters. The summed E-state index contributed by atoms with van der Waals surface area (Å²) in [4.78, 5) is 10.6. The number of aromatic nitrogens is 2. The van der Waals surface area contributed by atoms with Gasteiger partial charge in [-0.1, -0.05) is 13.8 Å². The lowest BCUT2D eigenvalue weighted by molar-refractivity contribution is 0.315. The van der Waals surface area contributed by atoms with E-state index >= 15 is 0 Å². The van der Waals surface area contributed by atoms with Crippen molar-refractivity contribution in [3.63, 3.8) is 0 Å². The van der Waals surface area contributed by atoms with Gasteiger partial charge in [0.05, 0.1) is 0 Å². The number of hydrogen-bond donors (Lipinski definition) is 1. The molecule has 96 valence electrons. The second kappa shape index (κ2) is 7.84. The lowest BCUT2D eigenvalue weighted by atomic mass is 10.3. The zero-order valence-electron chi connectivity index (χ0n) is 10.7. The van der Waals surface area contributed by atoms with Crippen LogP contribution in [0.15, 0.2) is 12.4 Å². The summed E-state index contributed by atoms with van der Waals surface area (Å²) in [6.45, 7) is 7.30. The van der Waals surface area contributed by atoms with E-state index < -0.39 is 0 Å². The molecule has 0 saturated carbocycles. The summed E-state index contributed by atoms with van der Waals surface area (Å²) in [6, 6.07) is 1.88. The Balaban J connectivity index is 2.72. The number of anilines is 1. The third kappa shape index (κ3) is 4.56. The van der Waals surface area contributed by atoms with Gasteiger partial charge < -0.3 is 15.4 Å². The lowest BCUT2D eigenvalue weighted by Gasteiger charge is -2.22. The van der Waals surface area contributed by atoms with Gasteiger partial charge in [-0.3, -0.25) is 0 Å². The van der Waals surface area contributed by atoms with E-state index in [1.54, 1.807) is 6.33 Å². The quantitative estimate of drug-likeness (QED) is 0.742. The van der Waals surface area contributed by atoms with Gasteiger partial charge in [-0.15, -0.1) is 0 Å². The Hall–Kier alpha value is -1.36. The molecule has 0 bridgehead atoms. The SMILES string of the molecule is CCCN(CCC)c1cc(OCCN)ncn1. The molecule has 1 rings (SSSR count). The Labute approximate surface area is 103 Å². The van der Waals surface area contributed by atoms with Crippen LogP contribution in [0.4, 0.5) is 5.82 Å². The third-order valence-corrected chi connectivity index (χ3v) is 2.31. The molecule has 0 aromatic carbocycles. The van der Waals surface area contributed by atoms with Crippen molar-refractivity contribution in [2.24, 2.45) is 5.73 Å². The number of ether oxygens (including phenoxy) is 1. The summed E-state index contributed by atoms with van der Waals surface area (Å²) in [5.41, 5.74) is 5.39. The van der Waals surface area contributed by atoms with Crippen molar-refractivity contribution in [1.82, 2.24) is 9.97 Å². The first-order valence-electron chi connectivity index (χ1n) is 6.21. The van der Waals surface area contributed by atoms with E-state index in [-0.39, 0.29) is 0 Å². The summed E-state index contributed by atoms with van der Waals surface area (Å²) in [5.74, 6) is 1.52. The topological polar surface area (TPSA) is 64.3 Å². The largest absolute Gasteiger partial charge is 0.476 e. The molecule has 1 aromatic heterocycles. The highest BCUT2D eigenvalue weighted by Gasteiger charge is 2.07. The van der Waals surface area contributed by atoms with E-state index in [1.165, 1.54) is 0 Å². The highest BCUT2D eigenvalue weighted by Crippen LogP contribution is 2.16. The fraction of sp³-hybridized carbons (Fsp3) is 0.667. The van der Waals surface area contributed by atoms with Gasteiger partial charge in [0.2, 0.25) is 5.88 Å². The van der Waals surface area contributed by atoms with Gasteiger partial charge in [0.15, 0.2) is 0 Å². The molecule has 0 atom stereocenters. The smallest absolute Gasteiger partial charge is 0.218 e. The summed E-state index contributed by atoms with van der Waals surface area (Å²) in [6.07, 6.45) is 3.74. The highest BCUT2D eigenvalue weighted by atomic mass is 16.5. The van der Waals surface area contributed by atoms with Gasteiger partial charge in [-0.25, -0.2) is 9.97 Å². The minimum absolute atomic E-state index is 0.484. The first kappa shape index (κ1) is 13.7. The Kier molecular flexibility index (Phi) is 6.32. The molecule has 1 aromatic rings. The Morgan fingerprint density at radius 2 is 1.94 bits per heavy atom. The number of nitrogens with zero attached hydrogens (tertiary/aromatic N) is 3. The van der Waals surface area contributed by atoms with Gasteiger partial charge in [-0.2, -0.15) is 0 Å². The van der Waals surface area contributed by atoms with E-state index in [0.717, 1.165) is 31.7 Å². The summed E-state index contributed by atoms with van der Waals surface area (Å²) < 4.78 is 5.40. The molecule has 0 aliphatic carbocycles. The fourth-order valence-corrected chi connectivity index (χ4v) is 1.63. The molecule has 0 fully saturated rings. The number of nitrogens with two attached hydrogens (primary N) is 1. The van der Waals surface area contributed by atoms with Crippen LogP contribution in [0.1, 0.15) is 26.7 Å². The normalized spacial score (nSPS) is 10.3. The Bertz CT molecular complexity index is 313. The van der Waals surface area contributed by atoms with Crippen LogP contribution in [0, 0.1) is 0 Å². The molecule has 0 amide bonds. The average Bonchev–Trinajstić information content (AvgIpc) is 2.36. The minimum atomic E-state index is 0.484. The Morgan fingerprint density at radius 3 is 2.53 bits per heavy atom. The Morgan fingerprint density at radius 1 is 1.24 bits per heavy atom. The molecular formula is C12H22N4O. The standard InChI is InChI=1S/C12H22N4O/c1-3-6-16(7-4-2)11-9-12(15-10-14-11)17-8-5-13/h9-10H,3-8,13H2,1-2H3. The van der Waals surface area contributed by atoms with E-state index in [9.17, 15) is 0 Å². The fourth-order valence-electron chi connectivity index (χ4n) is 1.63. The number of hydrogen-bond acceptors (Lipinski definition) is 5. The predicted octanol–water partition coefficient (Wildman–Crippen LogP) is 1.44. The molecular weight excluding hydrogens is 216 g/mol. The summed E-state index contributed by atoms with van der Waals surface area (Å²) in [5, 5.41) is 0. The van der Waals surface area contributed by atoms with Crippen LogP contribution in [-0.2, 0) is 0 Å². The highest BCUT2D eigenvalue weighted by molar-refractivity contribution is 5.40. The maximum atomic E-state index is 5.40. The molecule has 0 radical (unpaired) electrons. The van der Waals surface area contributed by atoms with Crippen molar-refractivity contribution in [2.45, 2.75) is 26.7 Å². The van der Waals surface area contributed by atoms with Gasteiger partial charge in [-0.05, 0) is 12.8 Å². The van der Waals surface area contributed by atoms with Crippen LogP contribution in [0.5, 0.6) is 5.88 Å². The third-order valence-electron chi connectivity index (χ3n) is 2.31. The zero-order valence-corrected chi connectivity index (χ0v) is 10.7. The summed E-state index contributed by atoms with van der Waals surface area (Å²) >= 11 is 0. The van der Waals surface area contributed by atoms with Gasteiger partial charge in [0, 0.05) is 25.7 Å². The van der Waals surface area contributed by atoms with Crippen LogP contribution in [0.3, 0.4) is 0 Å². The maximum absolute atomic E-state index is 5.40. The van der Waals surface area contributed by atoms with Crippen molar-refractivity contribution >= 4 is 5.82 Å². The van der Waals surface area contributed by atoms with E-state index in [1.807, 2.05) is 6.07 Å². The van der Waals surface area contributed by atoms with Crippen molar-refractivity contribution in [3.8, 4) is 5.88 Å². The van der Waals surface area contributed by atoms with Crippen molar-refractivity contribution < 1.29 is 4.74 Å². The number of rotatable bonds is 8. The first-order valence-corrected chi connectivity index (χ1v) is 6.21. The van der Waals surface area contributed by atoms with Crippen molar-refractivity contribution in [2.75, 3.05) is 31.1 Å². The van der Waals surface area contributed by atoms with Crippen LogP contribution < -0.4 is 15.4 Å². The summed E-state index contributed by atoms with van der Waals surface area (Å²) in [7, 11) is 0. The van der Waals surface area contributed by atoms with Gasteiger partial charge in [0.25, 0.3) is 0 Å². The zero-order chi connectivity index (χ0) is 12.5. The second-order valence-electron chi connectivity index (χ2n) is 3.84. The van der Waals surface area contributed by atoms with Crippen LogP contribution in [0.25, 0.3) is 0 Å². The maximum Gasteiger partial charge on any atom is 0.218 e. The molecule has 5 heteroatoms. The van der Waals surface area contributed by atoms with Crippen molar-refractivity contribution in [1.29, 1.82) is 0 Å². The predicted molar refractivity (Wildman–Crippen MR) is 69.4 cm³/mol. The molecule has 1 heterocycles. The van der Waals surface area contributed by atoms with Crippen LogP contribution in [0.2, 0.25) is 0 Å². The van der Waals surface area contributed by atoms with Gasteiger partial charge >= 0.3 is 0 Å². The van der Waals surface area contributed by atoms with Gasteiger partial charge in [0.1, 0.15) is 18.8 Å². The second-order valence-corrected chi connectivity index (χ2v) is 3.84. The average molecular weight is 238 g/mol. The molecule has 2 N–H and O–H groups in total. The molecule has 0 aliphatic rings. The van der Waals surface area contributed by atoms with Crippen LogP contribution >= 0.6 is 0 Å². The van der Waals surface area contributed by atoms with E-state index in [4.69, 9.17) is 10.5 Å². The first-order chi connectivity index (χ1) is 8.31. The van der Waals surface area contributed by atoms with Crippen molar-refractivity contribution in [3.05, 3.63) is 12.4 Å². The molecule has 0 aliphatic heterocycles. The monoisotopic (exact) mass is 238 g/mol. The van der Waals surface area contributed by atoms with E-state index in [0.29, 0.717) is 19.0 Å². The molecule has 0 spiro atoms. The molecule has 17 heavy (non-hydrogen) atoms. The molecule has 0 saturated heterocycles. The molecule has 5 nitrogen and oxygen atoms in total. The minimum Gasteiger partial charge on any atom is -0.476 e. The lowest BCUT2D eigenvalue weighted by Crippen LogP contribution is -2.26.